The van der Waals surface area contributed by atoms with E-state index in [-0.39, 0.29) is 11.8 Å². The summed E-state index contributed by atoms with van der Waals surface area (Å²) in [6.07, 6.45) is 0. The molecule has 0 aromatic heterocycles. The topological polar surface area (TPSA) is 93.9 Å². The summed E-state index contributed by atoms with van der Waals surface area (Å²) < 4.78 is 0. The van der Waals surface area contributed by atoms with Gasteiger partial charge in [0, 0.05) is 60.9 Å². The number of hydrogen-bond acceptors (Lipinski definition) is 6. The molecular weight excluding hydrogens is 500 g/mol. The van der Waals surface area contributed by atoms with E-state index in [0.717, 1.165) is 48.7 Å². The number of rotatable bonds is 6. The van der Waals surface area contributed by atoms with E-state index in [4.69, 9.17) is 17.3 Å². The number of amides is 2. The second-order valence-corrected chi connectivity index (χ2v) is 10.2. The van der Waals surface area contributed by atoms with Gasteiger partial charge in [0.2, 0.25) is 5.91 Å². The fraction of sp³-hybridized carbons (Fsp3) is 0.241. The smallest absolute Gasteiger partial charge is 0.258 e. The van der Waals surface area contributed by atoms with Crippen LogP contribution in [0.4, 0.5) is 22.7 Å². The molecule has 0 radical (unpaired) electrons. The Labute approximate surface area is 227 Å². The van der Waals surface area contributed by atoms with Crippen LogP contribution in [0.2, 0.25) is 5.02 Å². The molecule has 5 rings (SSSR count). The van der Waals surface area contributed by atoms with Gasteiger partial charge in [0.05, 0.1) is 23.5 Å². The lowest BCUT2D eigenvalue weighted by Crippen LogP contribution is -2.48. The summed E-state index contributed by atoms with van der Waals surface area (Å²) >= 11 is 6.16. The molecule has 2 heterocycles. The highest BCUT2D eigenvalue weighted by atomic mass is 35.5. The molecule has 1 fully saturated rings. The number of hydrogen-bond donors (Lipinski definition) is 3. The first-order valence-corrected chi connectivity index (χ1v) is 12.9. The molecule has 8 nitrogen and oxygen atoms in total. The molecule has 0 unspecified atom stereocenters. The Hall–Kier alpha value is -3.85. The minimum absolute atomic E-state index is 0.0536. The molecule has 0 saturated carbocycles. The molecule has 1 saturated heterocycles. The Morgan fingerprint density at radius 3 is 2.39 bits per heavy atom. The van der Waals surface area contributed by atoms with Crippen LogP contribution >= 0.6 is 11.6 Å². The SMILES string of the molecule is CN1CCN(CC(=O)N(C)c2ccc(NC(=C3C(=O)Nc4cc(Cl)ccc43)c3ccc(N)cc3)cc2)CC1. The molecule has 2 aliphatic heterocycles. The van der Waals surface area contributed by atoms with Crippen LogP contribution in [-0.2, 0) is 9.59 Å². The number of nitrogens with two attached hydrogens (primary N) is 1. The minimum atomic E-state index is -0.215. The number of halogens is 1. The van der Waals surface area contributed by atoms with Gasteiger partial charge in [-0.05, 0) is 61.1 Å². The number of likely N-dealkylation sites (N-methyl/N-ethyl adjacent to an activating group) is 2. The van der Waals surface area contributed by atoms with Crippen molar-refractivity contribution < 1.29 is 9.59 Å². The van der Waals surface area contributed by atoms with Gasteiger partial charge in [0.1, 0.15) is 0 Å². The van der Waals surface area contributed by atoms with Gasteiger partial charge in [-0.1, -0.05) is 29.8 Å². The van der Waals surface area contributed by atoms with Crippen LogP contribution in [-0.4, -0.2) is 68.4 Å². The number of nitrogen functional groups attached to an aromatic ring is 1. The Morgan fingerprint density at radius 2 is 1.71 bits per heavy atom. The third-order valence-corrected chi connectivity index (χ3v) is 7.26. The number of nitrogens with zero attached hydrogens (tertiary/aromatic N) is 3. The normalized spacial score (nSPS) is 17.1. The van der Waals surface area contributed by atoms with Crippen LogP contribution in [0.1, 0.15) is 11.1 Å². The zero-order chi connectivity index (χ0) is 26.8. The molecule has 0 spiro atoms. The van der Waals surface area contributed by atoms with Crippen LogP contribution < -0.4 is 21.3 Å². The third kappa shape index (κ3) is 5.52. The molecule has 2 aliphatic rings. The summed E-state index contributed by atoms with van der Waals surface area (Å²) in [7, 11) is 3.90. The van der Waals surface area contributed by atoms with Crippen LogP contribution in [0, 0.1) is 0 Å². The maximum atomic E-state index is 13.1. The van der Waals surface area contributed by atoms with E-state index in [1.165, 1.54) is 0 Å². The lowest BCUT2D eigenvalue weighted by Gasteiger charge is -2.32. The molecule has 196 valence electrons. The highest BCUT2D eigenvalue weighted by Gasteiger charge is 2.28. The van der Waals surface area contributed by atoms with E-state index >= 15 is 0 Å². The molecule has 9 heteroatoms. The number of nitrogens with one attached hydrogen (secondary N) is 2. The second kappa shape index (κ2) is 10.9. The Kier molecular flexibility index (Phi) is 7.37. The van der Waals surface area contributed by atoms with Gasteiger partial charge in [-0.15, -0.1) is 0 Å². The Balaban J connectivity index is 1.39. The van der Waals surface area contributed by atoms with Crippen LogP contribution in [0.3, 0.4) is 0 Å². The number of anilines is 4. The highest BCUT2D eigenvalue weighted by molar-refractivity contribution is 6.38. The van der Waals surface area contributed by atoms with Crippen LogP contribution in [0.5, 0.6) is 0 Å². The largest absolute Gasteiger partial charge is 0.399 e. The molecule has 0 bridgehead atoms. The number of carbonyl (C=O) groups excluding carboxylic acids is 2. The molecule has 0 aliphatic carbocycles. The summed E-state index contributed by atoms with van der Waals surface area (Å²) in [5.41, 5.74) is 11.6. The first-order valence-electron chi connectivity index (χ1n) is 12.5. The summed E-state index contributed by atoms with van der Waals surface area (Å²) in [5, 5.41) is 6.90. The predicted molar refractivity (Wildman–Crippen MR) is 155 cm³/mol. The average molecular weight is 531 g/mol. The zero-order valence-corrected chi connectivity index (χ0v) is 22.3. The summed E-state index contributed by atoms with van der Waals surface area (Å²) in [6.45, 7) is 4.13. The standard InChI is InChI=1S/C29H31ClN6O2/c1-34-13-15-36(16-14-34)18-26(37)35(2)23-10-8-22(9-11-23)32-28(19-3-6-21(31)7-4-19)27-24-12-5-20(30)17-25(24)33-29(27)38/h3-12,17,32H,13-16,18,31H2,1-2H3,(H,33,38). The fourth-order valence-electron chi connectivity index (χ4n) is 4.68. The molecule has 0 atom stereocenters. The third-order valence-electron chi connectivity index (χ3n) is 7.03. The number of piperazine rings is 1. The van der Waals surface area contributed by atoms with Gasteiger partial charge in [-0.3, -0.25) is 14.5 Å². The summed E-state index contributed by atoms with van der Waals surface area (Å²) in [6, 6.07) is 20.3. The van der Waals surface area contributed by atoms with Gasteiger partial charge in [-0.2, -0.15) is 0 Å². The lowest BCUT2D eigenvalue weighted by molar-refractivity contribution is -0.119. The van der Waals surface area contributed by atoms with E-state index in [0.29, 0.717) is 34.2 Å². The zero-order valence-electron chi connectivity index (χ0n) is 21.5. The summed E-state index contributed by atoms with van der Waals surface area (Å²) in [4.78, 5) is 32.1. The van der Waals surface area contributed by atoms with Crippen molar-refractivity contribution >= 4 is 57.4 Å². The quantitative estimate of drug-likeness (QED) is 0.329. The van der Waals surface area contributed by atoms with E-state index in [2.05, 4.69) is 27.5 Å². The van der Waals surface area contributed by atoms with Crippen molar-refractivity contribution in [2.75, 3.05) is 68.1 Å². The van der Waals surface area contributed by atoms with Crippen LogP contribution in [0.25, 0.3) is 11.3 Å². The van der Waals surface area contributed by atoms with E-state index in [1.54, 1.807) is 36.2 Å². The average Bonchev–Trinajstić information content (AvgIpc) is 3.23. The van der Waals surface area contributed by atoms with E-state index in [1.807, 2.05) is 42.5 Å². The van der Waals surface area contributed by atoms with E-state index < -0.39 is 0 Å². The maximum Gasteiger partial charge on any atom is 0.258 e. The van der Waals surface area contributed by atoms with Crippen molar-refractivity contribution in [2.24, 2.45) is 0 Å². The predicted octanol–water partition coefficient (Wildman–Crippen LogP) is 4.06. The molecule has 3 aromatic carbocycles. The molecule has 2 amide bonds. The first-order chi connectivity index (χ1) is 18.3. The molecular formula is C29H31ClN6O2. The van der Waals surface area contributed by atoms with Crippen molar-refractivity contribution in [3.63, 3.8) is 0 Å². The monoisotopic (exact) mass is 530 g/mol. The number of fused-ring (bicyclic) bond motifs is 1. The number of carbonyl (C=O) groups is 2. The molecule has 3 aromatic rings. The van der Waals surface area contributed by atoms with Gasteiger partial charge in [0.25, 0.3) is 5.91 Å². The lowest BCUT2D eigenvalue weighted by atomic mass is 10.00. The minimum Gasteiger partial charge on any atom is -0.399 e. The molecule has 4 N–H and O–H groups in total. The van der Waals surface area contributed by atoms with Crippen LogP contribution in [0.15, 0.2) is 66.7 Å². The van der Waals surface area contributed by atoms with E-state index in [9.17, 15) is 9.59 Å². The second-order valence-electron chi connectivity index (χ2n) is 9.72. The van der Waals surface area contributed by atoms with Crippen molar-refractivity contribution in [1.82, 2.24) is 9.80 Å². The Morgan fingerprint density at radius 1 is 1.03 bits per heavy atom. The van der Waals surface area contributed by atoms with Gasteiger partial charge in [-0.25, -0.2) is 0 Å². The summed E-state index contributed by atoms with van der Waals surface area (Å²) in [5.74, 6) is -0.162. The Bertz CT molecular complexity index is 1380. The van der Waals surface area contributed by atoms with Gasteiger partial charge in [0.15, 0.2) is 0 Å². The first kappa shape index (κ1) is 25.8. The van der Waals surface area contributed by atoms with Crippen molar-refractivity contribution in [3.8, 4) is 0 Å². The number of benzene rings is 3. The van der Waals surface area contributed by atoms with Gasteiger partial charge < -0.3 is 26.2 Å². The molecule has 38 heavy (non-hydrogen) atoms. The fourth-order valence-corrected chi connectivity index (χ4v) is 4.85. The van der Waals surface area contributed by atoms with Crippen molar-refractivity contribution in [1.29, 1.82) is 0 Å². The maximum absolute atomic E-state index is 13.1. The van der Waals surface area contributed by atoms with Crippen molar-refractivity contribution in [3.05, 3.63) is 82.9 Å². The highest BCUT2D eigenvalue weighted by Crippen LogP contribution is 2.39. The van der Waals surface area contributed by atoms with Gasteiger partial charge >= 0.3 is 0 Å². The van der Waals surface area contributed by atoms with Crippen molar-refractivity contribution in [2.45, 2.75) is 0 Å².